The molecule has 0 aromatic heterocycles. The molecule has 2 rings (SSSR count). The minimum Gasteiger partial charge on any atom is -0.338 e. The Kier molecular flexibility index (Phi) is 5.10. The van der Waals surface area contributed by atoms with E-state index in [0.717, 1.165) is 18.4 Å². The molecule has 2 saturated carbocycles. The van der Waals surface area contributed by atoms with E-state index in [9.17, 15) is 9.00 Å². The number of carbonyl (C=O) groups excluding carboxylic acids is 1. The molecule has 116 valence electrons. The third-order valence-corrected chi connectivity index (χ3v) is 6.61. The minimum atomic E-state index is -0.904. The number of hydrogen-bond donors (Lipinski definition) is 2. The summed E-state index contributed by atoms with van der Waals surface area (Å²) in [5.41, 5.74) is 0. The first-order valence-electron chi connectivity index (χ1n) is 7.76. The van der Waals surface area contributed by atoms with E-state index in [1.165, 1.54) is 25.7 Å². The third-order valence-electron chi connectivity index (χ3n) is 4.67. The Hall–Kier alpha value is -0.580. The normalized spacial score (nSPS) is 30.2. The molecular weight excluding hydrogens is 272 g/mol. The quantitative estimate of drug-likeness (QED) is 0.818. The van der Waals surface area contributed by atoms with Crippen molar-refractivity contribution >= 4 is 16.8 Å². The minimum absolute atomic E-state index is 0.112. The highest BCUT2D eigenvalue weighted by atomic mass is 32.2. The molecule has 0 heterocycles. The fraction of sp³-hybridized carbons (Fsp3) is 0.933. The molecule has 2 bridgehead atoms. The van der Waals surface area contributed by atoms with Gasteiger partial charge in [0.15, 0.2) is 0 Å². The Morgan fingerprint density at radius 2 is 1.95 bits per heavy atom. The summed E-state index contributed by atoms with van der Waals surface area (Å²) >= 11 is 0. The Labute approximate surface area is 124 Å². The maximum Gasteiger partial charge on any atom is 0.314 e. The number of rotatable bonds is 5. The van der Waals surface area contributed by atoms with E-state index >= 15 is 0 Å². The number of carbonyl (C=O) groups is 1. The molecule has 4 atom stereocenters. The van der Waals surface area contributed by atoms with Gasteiger partial charge in [-0.2, -0.15) is 0 Å². The fourth-order valence-corrected chi connectivity index (χ4v) is 4.38. The van der Waals surface area contributed by atoms with Crippen LogP contribution in [0.3, 0.4) is 0 Å². The molecule has 5 heteroatoms. The summed E-state index contributed by atoms with van der Waals surface area (Å²) in [7, 11) is -0.904. The number of urea groups is 1. The summed E-state index contributed by atoms with van der Waals surface area (Å²) in [6.07, 6.45) is 5.41. The van der Waals surface area contributed by atoms with Crippen LogP contribution in [0, 0.1) is 17.8 Å². The van der Waals surface area contributed by atoms with E-state index in [0.29, 0.717) is 18.2 Å². The Balaban J connectivity index is 1.58. The van der Waals surface area contributed by atoms with Crippen LogP contribution in [0.15, 0.2) is 0 Å². The predicted octanol–water partition coefficient (Wildman–Crippen LogP) is 2.27. The molecule has 0 saturated heterocycles. The molecular formula is C15H28N2O2S. The van der Waals surface area contributed by atoms with Crippen LogP contribution in [-0.4, -0.2) is 33.8 Å². The topological polar surface area (TPSA) is 58.2 Å². The number of nitrogens with one attached hydrogen (secondary N) is 2. The van der Waals surface area contributed by atoms with Gasteiger partial charge in [0, 0.05) is 34.4 Å². The van der Waals surface area contributed by atoms with Gasteiger partial charge in [-0.05, 0) is 57.8 Å². The molecule has 20 heavy (non-hydrogen) atoms. The second-order valence-corrected chi connectivity index (χ2v) is 9.56. The van der Waals surface area contributed by atoms with Gasteiger partial charge in [-0.15, -0.1) is 0 Å². The van der Waals surface area contributed by atoms with Crippen molar-refractivity contribution in [2.24, 2.45) is 17.8 Å². The van der Waals surface area contributed by atoms with Gasteiger partial charge in [-0.1, -0.05) is 6.42 Å². The molecule has 4 unspecified atom stereocenters. The van der Waals surface area contributed by atoms with Gasteiger partial charge in [0.2, 0.25) is 0 Å². The van der Waals surface area contributed by atoms with Gasteiger partial charge >= 0.3 is 6.03 Å². The lowest BCUT2D eigenvalue weighted by Crippen LogP contribution is -2.41. The molecule has 0 aliphatic heterocycles. The smallest absolute Gasteiger partial charge is 0.314 e. The number of amides is 2. The predicted molar refractivity (Wildman–Crippen MR) is 83.1 cm³/mol. The Morgan fingerprint density at radius 1 is 1.20 bits per heavy atom. The number of hydrogen-bond acceptors (Lipinski definition) is 2. The largest absolute Gasteiger partial charge is 0.338 e. The molecule has 2 N–H and O–H groups in total. The molecule has 0 aromatic rings. The van der Waals surface area contributed by atoms with Gasteiger partial charge in [0.05, 0.1) is 0 Å². The number of fused-ring (bicyclic) bond motifs is 2. The lowest BCUT2D eigenvalue weighted by atomic mass is 9.89. The average Bonchev–Trinajstić information content (AvgIpc) is 2.97. The first-order chi connectivity index (χ1) is 9.36. The van der Waals surface area contributed by atoms with Crippen LogP contribution < -0.4 is 10.6 Å². The second-order valence-electron chi connectivity index (χ2n) is 7.23. The van der Waals surface area contributed by atoms with Crippen molar-refractivity contribution < 1.29 is 9.00 Å². The fourth-order valence-electron chi connectivity index (χ4n) is 3.48. The van der Waals surface area contributed by atoms with Gasteiger partial charge in [-0.25, -0.2) is 4.79 Å². The van der Waals surface area contributed by atoms with Crippen molar-refractivity contribution in [3.63, 3.8) is 0 Å². The van der Waals surface area contributed by atoms with E-state index in [-0.39, 0.29) is 10.8 Å². The highest BCUT2D eigenvalue weighted by molar-refractivity contribution is 7.86. The standard InChI is InChI=1S/C15H28N2O2S/c1-15(2,3)20(19)7-6-16-14(18)17-10-13-9-11-4-5-12(13)8-11/h11-13H,4-10H2,1-3H3,(H2,16,17,18). The summed E-state index contributed by atoms with van der Waals surface area (Å²) in [5.74, 6) is 2.96. The van der Waals surface area contributed by atoms with Crippen molar-refractivity contribution in [2.45, 2.75) is 51.2 Å². The Bertz CT molecular complexity index is 379. The maximum atomic E-state index is 11.8. The van der Waals surface area contributed by atoms with Crippen LogP contribution >= 0.6 is 0 Å². The summed E-state index contributed by atoms with van der Waals surface area (Å²) in [6, 6.07) is -0.112. The van der Waals surface area contributed by atoms with Crippen molar-refractivity contribution in [1.82, 2.24) is 10.6 Å². The zero-order valence-electron chi connectivity index (χ0n) is 12.9. The lowest BCUT2D eigenvalue weighted by Gasteiger charge is -2.22. The molecule has 2 aliphatic carbocycles. The molecule has 4 nitrogen and oxygen atoms in total. The van der Waals surface area contributed by atoms with Crippen LogP contribution in [0.1, 0.15) is 46.5 Å². The van der Waals surface area contributed by atoms with Gasteiger partial charge in [0.25, 0.3) is 0 Å². The van der Waals surface area contributed by atoms with Crippen molar-refractivity contribution in [3.8, 4) is 0 Å². The Morgan fingerprint density at radius 3 is 2.50 bits per heavy atom. The first-order valence-corrected chi connectivity index (χ1v) is 9.08. The molecule has 0 aromatic carbocycles. The van der Waals surface area contributed by atoms with E-state index in [1.807, 2.05) is 20.8 Å². The first kappa shape index (κ1) is 15.8. The molecule has 2 amide bonds. The van der Waals surface area contributed by atoms with E-state index in [1.54, 1.807) is 0 Å². The van der Waals surface area contributed by atoms with Crippen LogP contribution in [0.2, 0.25) is 0 Å². The molecule has 2 aliphatic rings. The monoisotopic (exact) mass is 300 g/mol. The van der Waals surface area contributed by atoms with Crippen LogP contribution in [0.4, 0.5) is 4.79 Å². The molecule has 0 spiro atoms. The second kappa shape index (κ2) is 6.46. The van der Waals surface area contributed by atoms with Gasteiger partial charge in [-0.3, -0.25) is 4.21 Å². The summed E-state index contributed by atoms with van der Waals surface area (Å²) in [5, 5.41) is 5.78. The van der Waals surface area contributed by atoms with E-state index in [4.69, 9.17) is 0 Å². The summed E-state index contributed by atoms with van der Waals surface area (Å²) in [6.45, 7) is 7.15. The molecule has 2 fully saturated rings. The summed E-state index contributed by atoms with van der Waals surface area (Å²) in [4.78, 5) is 11.7. The van der Waals surface area contributed by atoms with Crippen LogP contribution in [0.25, 0.3) is 0 Å². The zero-order valence-corrected chi connectivity index (χ0v) is 13.7. The van der Waals surface area contributed by atoms with Crippen molar-refractivity contribution in [2.75, 3.05) is 18.8 Å². The van der Waals surface area contributed by atoms with E-state index in [2.05, 4.69) is 10.6 Å². The average molecular weight is 300 g/mol. The maximum absolute atomic E-state index is 11.8. The van der Waals surface area contributed by atoms with Crippen molar-refractivity contribution in [1.29, 1.82) is 0 Å². The van der Waals surface area contributed by atoms with E-state index < -0.39 is 10.8 Å². The SMILES string of the molecule is CC(C)(C)S(=O)CCNC(=O)NCC1CC2CCC1C2. The third kappa shape index (κ3) is 4.21. The zero-order chi connectivity index (χ0) is 14.8. The highest BCUT2D eigenvalue weighted by Crippen LogP contribution is 2.47. The van der Waals surface area contributed by atoms with Crippen molar-refractivity contribution in [3.05, 3.63) is 0 Å². The lowest BCUT2D eigenvalue weighted by molar-refractivity contribution is 0.235. The highest BCUT2D eigenvalue weighted by Gasteiger charge is 2.39. The van der Waals surface area contributed by atoms with Gasteiger partial charge in [0.1, 0.15) is 0 Å². The van der Waals surface area contributed by atoms with Crippen LogP contribution in [0.5, 0.6) is 0 Å². The van der Waals surface area contributed by atoms with Gasteiger partial charge < -0.3 is 10.6 Å². The molecule has 0 radical (unpaired) electrons. The summed E-state index contributed by atoms with van der Waals surface area (Å²) < 4.78 is 11.6. The van der Waals surface area contributed by atoms with Crippen LogP contribution in [-0.2, 0) is 10.8 Å².